The number of halogens is 1. The molecule has 2 aliphatic rings. The number of carbonyl (C=O) groups is 2. The van der Waals surface area contributed by atoms with Gasteiger partial charge in [-0.2, -0.15) is 0 Å². The Hall–Kier alpha value is -2.83. The van der Waals surface area contributed by atoms with Crippen LogP contribution in [0.4, 0.5) is 4.39 Å². The number of benzene rings is 1. The number of aromatic nitrogens is 2. The predicted molar refractivity (Wildman–Crippen MR) is 101 cm³/mol. The van der Waals surface area contributed by atoms with Gasteiger partial charge >= 0.3 is 0 Å². The highest BCUT2D eigenvalue weighted by Gasteiger charge is 2.45. The maximum Gasteiger partial charge on any atom is 0.274 e. The number of rotatable bonds is 3. The molecule has 4 rings (SSSR count). The van der Waals surface area contributed by atoms with E-state index in [1.54, 1.807) is 12.1 Å². The summed E-state index contributed by atoms with van der Waals surface area (Å²) in [4.78, 5) is 35.5. The molecule has 1 aromatic carbocycles. The van der Waals surface area contributed by atoms with Crippen molar-refractivity contribution in [2.24, 2.45) is 0 Å². The molecule has 2 aromatic rings. The van der Waals surface area contributed by atoms with Gasteiger partial charge in [0.1, 0.15) is 11.5 Å². The minimum absolute atomic E-state index is 0.0454. The molecule has 28 heavy (non-hydrogen) atoms. The molecule has 2 fully saturated rings. The molecule has 1 aromatic heterocycles. The molecule has 0 unspecified atom stereocenters. The van der Waals surface area contributed by atoms with Gasteiger partial charge in [-0.05, 0) is 43.4 Å². The summed E-state index contributed by atoms with van der Waals surface area (Å²) in [5, 5.41) is 3.11. The van der Waals surface area contributed by atoms with Crippen LogP contribution < -0.4 is 5.32 Å². The molecule has 3 atom stereocenters. The molecule has 0 aliphatic carbocycles. The van der Waals surface area contributed by atoms with Gasteiger partial charge < -0.3 is 10.2 Å². The summed E-state index contributed by atoms with van der Waals surface area (Å²) in [5.74, 6) is -0.400. The summed E-state index contributed by atoms with van der Waals surface area (Å²) in [6.45, 7) is 0. The van der Waals surface area contributed by atoms with Crippen LogP contribution in [0.2, 0.25) is 0 Å². The molecular weight excluding hydrogens is 359 g/mol. The normalized spacial score (nSPS) is 24.8. The molecule has 2 aliphatic heterocycles. The monoisotopic (exact) mass is 382 g/mol. The van der Waals surface area contributed by atoms with Gasteiger partial charge in [0, 0.05) is 24.9 Å². The summed E-state index contributed by atoms with van der Waals surface area (Å²) in [6, 6.07) is 6.14. The first-order valence-electron chi connectivity index (χ1n) is 9.74. The number of hydrogen-bond donors (Lipinski definition) is 1. The summed E-state index contributed by atoms with van der Waals surface area (Å²) in [6.07, 6.45) is 8.92. The highest BCUT2D eigenvalue weighted by molar-refractivity contribution is 5.93. The van der Waals surface area contributed by atoms with Crippen LogP contribution in [0.3, 0.4) is 0 Å². The van der Waals surface area contributed by atoms with Crippen molar-refractivity contribution in [2.75, 3.05) is 0 Å². The van der Waals surface area contributed by atoms with Crippen LogP contribution in [0.5, 0.6) is 0 Å². The van der Waals surface area contributed by atoms with Gasteiger partial charge in [-0.1, -0.05) is 18.6 Å². The van der Waals surface area contributed by atoms with E-state index < -0.39 is 0 Å². The second-order valence-corrected chi connectivity index (χ2v) is 7.51. The predicted octanol–water partition coefficient (Wildman–Crippen LogP) is 2.50. The Kier molecular flexibility index (Phi) is 5.32. The van der Waals surface area contributed by atoms with E-state index >= 15 is 0 Å². The first-order valence-corrected chi connectivity index (χ1v) is 9.74. The van der Waals surface area contributed by atoms with Crippen LogP contribution in [0.25, 0.3) is 0 Å². The smallest absolute Gasteiger partial charge is 0.274 e. The fourth-order valence-corrected chi connectivity index (χ4v) is 4.37. The fourth-order valence-electron chi connectivity index (χ4n) is 4.37. The molecule has 0 bridgehead atoms. The van der Waals surface area contributed by atoms with Crippen molar-refractivity contribution in [3.05, 3.63) is 59.9 Å². The molecule has 146 valence electrons. The van der Waals surface area contributed by atoms with Gasteiger partial charge in [-0.3, -0.25) is 14.6 Å². The third-order valence-electron chi connectivity index (χ3n) is 5.64. The number of hydrogen-bond acceptors (Lipinski definition) is 4. The van der Waals surface area contributed by atoms with E-state index in [2.05, 4.69) is 15.3 Å². The zero-order chi connectivity index (χ0) is 19.5. The molecule has 7 heteroatoms. The number of carbonyl (C=O) groups excluding carboxylic acids is 2. The highest BCUT2D eigenvalue weighted by Crippen LogP contribution is 2.33. The SMILES string of the molecule is O=C1CCCC[C@@H]2[C@H](C[C@@H](Cc3ccc(F)cc3)N2C(=O)c2cnccn2)N1. The molecule has 2 saturated heterocycles. The van der Waals surface area contributed by atoms with E-state index in [4.69, 9.17) is 0 Å². The summed E-state index contributed by atoms with van der Waals surface area (Å²) in [7, 11) is 0. The standard InChI is InChI=1S/C21H23FN4O2/c22-15-7-5-14(6-8-15)11-16-12-17-19(3-1-2-4-20(27)25-17)26(16)21(28)18-13-23-9-10-24-18/h5-10,13,16-17,19H,1-4,11-12H2,(H,25,27)/t16-,17+,19-/m1/s1. The average Bonchev–Trinajstić information content (AvgIpc) is 3.01. The molecule has 6 nitrogen and oxygen atoms in total. The van der Waals surface area contributed by atoms with Crippen molar-refractivity contribution in [1.29, 1.82) is 0 Å². The van der Waals surface area contributed by atoms with Gasteiger partial charge in [0.2, 0.25) is 5.91 Å². The van der Waals surface area contributed by atoms with Crippen LogP contribution >= 0.6 is 0 Å². The molecule has 0 spiro atoms. The Balaban J connectivity index is 1.64. The Morgan fingerprint density at radius 1 is 1.21 bits per heavy atom. The van der Waals surface area contributed by atoms with Gasteiger partial charge in [0.05, 0.1) is 18.3 Å². The van der Waals surface area contributed by atoms with E-state index in [0.29, 0.717) is 25.0 Å². The summed E-state index contributed by atoms with van der Waals surface area (Å²) >= 11 is 0. The number of nitrogens with one attached hydrogen (secondary N) is 1. The quantitative estimate of drug-likeness (QED) is 0.885. The minimum Gasteiger partial charge on any atom is -0.351 e. The second-order valence-electron chi connectivity index (χ2n) is 7.51. The van der Waals surface area contributed by atoms with Gasteiger partial charge in [0.15, 0.2) is 0 Å². The number of amides is 2. The fraction of sp³-hybridized carbons (Fsp3) is 0.429. The molecule has 0 radical (unpaired) electrons. The van der Waals surface area contributed by atoms with Crippen molar-refractivity contribution in [3.8, 4) is 0 Å². The number of nitrogens with zero attached hydrogens (tertiary/aromatic N) is 3. The molecular formula is C21H23FN4O2. The summed E-state index contributed by atoms with van der Waals surface area (Å²) in [5.41, 5.74) is 1.27. The van der Waals surface area contributed by atoms with Crippen LogP contribution in [0, 0.1) is 5.82 Å². The number of likely N-dealkylation sites (tertiary alicyclic amines) is 1. The topological polar surface area (TPSA) is 75.2 Å². The Morgan fingerprint density at radius 2 is 2.04 bits per heavy atom. The zero-order valence-corrected chi connectivity index (χ0v) is 15.6. The van der Waals surface area contributed by atoms with Crippen LogP contribution in [-0.4, -0.2) is 44.8 Å². The molecule has 0 saturated carbocycles. The second kappa shape index (κ2) is 8.04. The molecule has 1 N–H and O–H groups in total. The van der Waals surface area contributed by atoms with E-state index in [1.807, 2.05) is 4.90 Å². The lowest BCUT2D eigenvalue weighted by Crippen LogP contribution is -2.49. The molecule has 3 heterocycles. The van der Waals surface area contributed by atoms with Crippen LogP contribution in [-0.2, 0) is 11.2 Å². The lowest BCUT2D eigenvalue weighted by molar-refractivity contribution is -0.122. The van der Waals surface area contributed by atoms with Crippen LogP contribution in [0.15, 0.2) is 42.9 Å². The van der Waals surface area contributed by atoms with E-state index in [9.17, 15) is 14.0 Å². The maximum absolute atomic E-state index is 13.3. The highest BCUT2D eigenvalue weighted by atomic mass is 19.1. The first kappa shape index (κ1) is 18.5. The van der Waals surface area contributed by atoms with Crippen molar-refractivity contribution in [1.82, 2.24) is 20.2 Å². The van der Waals surface area contributed by atoms with Crippen LogP contribution in [0.1, 0.15) is 48.2 Å². The van der Waals surface area contributed by atoms with Gasteiger partial charge in [0.25, 0.3) is 5.91 Å². The summed E-state index contributed by atoms with van der Waals surface area (Å²) < 4.78 is 13.3. The Bertz CT molecular complexity index is 843. The number of fused-ring (bicyclic) bond motifs is 1. The Morgan fingerprint density at radius 3 is 2.79 bits per heavy atom. The van der Waals surface area contributed by atoms with Crippen molar-refractivity contribution in [2.45, 2.75) is 56.7 Å². The van der Waals surface area contributed by atoms with Gasteiger partial charge in [-0.25, -0.2) is 9.37 Å². The zero-order valence-electron chi connectivity index (χ0n) is 15.6. The third-order valence-corrected chi connectivity index (χ3v) is 5.64. The minimum atomic E-state index is -0.281. The van der Waals surface area contributed by atoms with Gasteiger partial charge in [-0.15, -0.1) is 0 Å². The Labute approximate surface area is 163 Å². The van der Waals surface area contributed by atoms with Crippen molar-refractivity contribution in [3.63, 3.8) is 0 Å². The third kappa shape index (κ3) is 3.88. The largest absolute Gasteiger partial charge is 0.351 e. The lowest BCUT2D eigenvalue weighted by atomic mass is 9.97. The average molecular weight is 382 g/mol. The first-order chi connectivity index (χ1) is 13.6. The molecule has 2 amide bonds. The van der Waals surface area contributed by atoms with Crippen molar-refractivity contribution < 1.29 is 14.0 Å². The van der Waals surface area contributed by atoms with Crippen molar-refractivity contribution >= 4 is 11.8 Å². The lowest BCUT2D eigenvalue weighted by Gasteiger charge is -2.32. The van der Waals surface area contributed by atoms with E-state index in [-0.39, 0.29) is 35.8 Å². The van der Waals surface area contributed by atoms with E-state index in [0.717, 1.165) is 24.8 Å². The van der Waals surface area contributed by atoms with E-state index in [1.165, 1.54) is 30.7 Å². The maximum atomic E-state index is 13.3.